The largest absolute Gasteiger partial charge is 0.474 e. The lowest BCUT2D eigenvalue weighted by Crippen LogP contribution is -2.41. The highest BCUT2D eigenvalue weighted by Crippen LogP contribution is 2.21. The molecule has 8 nitrogen and oxygen atoms in total. The summed E-state index contributed by atoms with van der Waals surface area (Å²) in [6.45, 7) is 2.06. The third kappa shape index (κ3) is 6.17. The summed E-state index contributed by atoms with van der Waals surface area (Å²) in [5.41, 5.74) is 0.330. The van der Waals surface area contributed by atoms with E-state index >= 15 is 0 Å². The molecule has 146 valence electrons. The van der Waals surface area contributed by atoms with Crippen molar-refractivity contribution in [3.63, 3.8) is 0 Å². The van der Waals surface area contributed by atoms with E-state index in [0.717, 1.165) is 0 Å². The molecule has 0 aliphatic rings. The molecule has 2 rings (SSSR count). The number of hydrogen-bond donors (Lipinski definition) is 2. The van der Waals surface area contributed by atoms with Gasteiger partial charge >= 0.3 is 0 Å². The molecule has 0 aliphatic heterocycles. The van der Waals surface area contributed by atoms with Crippen LogP contribution in [-0.2, 0) is 19.6 Å². The van der Waals surface area contributed by atoms with Gasteiger partial charge in [0.1, 0.15) is 12.3 Å². The van der Waals surface area contributed by atoms with Crippen molar-refractivity contribution in [1.29, 1.82) is 0 Å². The molecule has 1 aromatic heterocycles. The monoisotopic (exact) mass is 413 g/mol. The van der Waals surface area contributed by atoms with Gasteiger partial charge in [0.05, 0.1) is 17.5 Å². The van der Waals surface area contributed by atoms with Crippen molar-refractivity contribution >= 4 is 33.2 Å². The lowest BCUT2D eigenvalue weighted by molar-refractivity contribution is -0.117. The summed E-state index contributed by atoms with van der Waals surface area (Å²) in [5, 5.41) is 3.02. The maximum absolute atomic E-state index is 12.4. The molecule has 0 fully saturated rings. The van der Waals surface area contributed by atoms with Gasteiger partial charge in [-0.05, 0) is 43.3 Å². The Morgan fingerprint density at radius 2 is 1.93 bits per heavy atom. The van der Waals surface area contributed by atoms with Crippen molar-refractivity contribution in [3.8, 4) is 5.88 Å². The summed E-state index contributed by atoms with van der Waals surface area (Å²) in [5.74, 6) is -0.340. The number of carbonyl (C=O) groups is 1. The molecule has 0 spiro atoms. The lowest BCUT2D eigenvalue weighted by Gasteiger charge is -2.16. The smallest absolute Gasteiger partial charge is 0.242 e. The van der Waals surface area contributed by atoms with Crippen LogP contribution in [0.3, 0.4) is 0 Å². The quantitative estimate of drug-likeness (QED) is 0.609. The van der Waals surface area contributed by atoms with E-state index in [-0.39, 0.29) is 17.4 Å². The SMILES string of the molecule is COCCOc1ncccc1NC(=O)[C@H](C)NS(=O)(=O)c1ccc(Cl)cc1. The predicted octanol–water partition coefficient (Wildman–Crippen LogP) is 2.07. The van der Waals surface area contributed by atoms with E-state index in [1.807, 2.05) is 0 Å². The second-order valence-electron chi connectivity index (χ2n) is 5.48. The Bertz CT molecular complexity index is 874. The van der Waals surface area contributed by atoms with Crippen molar-refractivity contribution in [2.45, 2.75) is 17.9 Å². The van der Waals surface area contributed by atoms with Crippen molar-refractivity contribution < 1.29 is 22.7 Å². The number of carbonyl (C=O) groups excluding carboxylic acids is 1. The van der Waals surface area contributed by atoms with E-state index in [0.29, 0.717) is 17.3 Å². The van der Waals surface area contributed by atoms with Crippen LogP contribution in [0, 0.1) is 0 Å². The summed E-state index contributed by atoms with van der Waals surface area (Å²) in [6, 6.07) is 7.84. The Morgan fingerprint density at radius 3 is 2.59 bits per heavy atom. The van der Waals surface area contributed by atoms with Gasteiger partial charge in [-0.3, -0.25) is 4.79 Å². The van der Waals surface area contributed by atoms with Crippen molar-refractivity contribution in [3.05, 3.63) is 47.6 Å². The average molecular weight is 414 g/mol. The standard InChI is InChI=1S/C17H20ClN3O5S/c1-12(21-27(23,24)14-7-5-13(18)6-8-14)16(22)20-15-4-3-9-19-17(15)26-11-10-25-2/h3-9,12,21H,10-11H2,1-2H3,(H,20,22)/t12-/m0/s1. The number of sulfonamides is 1. The first-order chi connectivity index (χ1) is 12.8. The van der Waals surface area contributed by atoms with E-state index in [2.05, 4.69) is 15.0 Å². The summed E-state index contributed by atoms with van der Waals surface area (Å²) in [6.07, 6.45) is 1.52. The van der Waals surface area contributed by atoms with E-state index in [9.17, 15) is 13.2 Å². The van der Waals surface area contributed by atoms with Crippen molar-refractivity contribution in [1.82, 2.24) is 9.71 Å². The highest BCUT2D eigenvalue weighted by molar-refractivity contribution is 7.89. The zero-order valence-electron chi connectivity index (χ0n) is 14.8. The first-order valence-corrected chi connectivity index (χ1v) is 9.85. The van der Waals surface area contributed by atoms with Crippen LogP contribution in [-0.4, -0.2) is 45.7 Å². The molecule has 1 atom stereocenters. The Hall–Kier alpha value is -2.20. The Labute approximate surface area is 162 Å². The van der Waals surface area contributed by atoms with E-state index in [1.165, 1.54) is 37.4 Å². The first-order valence-electron chi connectivity index (χ1n) is 7.99. The molecule has 1 aromatic carbocycles. The molecule has 27 heavy (non-hydrogen) atoms. The molecule has 0 saturated heterocycles. The molecule has 0 aliphatic carbocycles. The van der Waals surface area contributed by atoms with Crippen LogP contribution in [0.15, 0.2) is 47.5 Å². The van der Waals surface area contributed by atoms with Gasteiger partial charge in [0.15, 0.2) is 0 Å². The normalized spacial score (nSPS) is 12.4. The zero-order valence-corrected chi connectivity index (χ0v) is 16.4. The zero-order chi connectivity index (χ0) is 19.9. The number of nitrogens with zero attached hydrogens (tertiary/aromatic N) is 1. The Balaban J connectivity index is 2.04. The van der Waals surface area contributed by atoms with Gasteiger partial charge in [-0.2, -0.15) is 4.72 Å². The predicted molar refractivity (Wildman–Crippen MR) is 101 cm³/mol. The van der Waals surface area contributed by atoms with Crippen LogP contribution in [0.25, 0.3) is 0 Å². The minimum atomic E-state index is -3.87. The number of hydrogen-bond acceptors (Lipinski definition) is 6. The minimum Gasteiger partial charge on any atom is -0.474 e. The molecule has 0 bridgehead atoms. The van der Waals surface area contributed by atoms with Crippen LogP contribution in [0.1, 0.15) is 6.92 Å². The number of rotatable bonds is 9. The molecule has 1 amide bonds. The Kier molecular flexibility index (Phi) is 7.55. The summed E-state index contributed by atoms with van der Waals surface area (Å²) >= 11 is 5.76. The van der Waals surface area contributed by atoms with E-state index < -0.39 is 22.0 Å². The van der Waals surface area contributed by atoms with E-state index in [1.54, 1.807) is 19.2 Å². The first kappa shape index (κ1) is 21.1. The summed E-state index contributed by atoms with van der Waals surface area (Å²) in [7, 11) is -2.33. The number of amides is 1. The van der Waals surface area contributed by atoms with Crippen molar-refractivity contribution in [2.75, 3.05) is 25.6 Å². The van der Waals surface area contributed by atoms with Gasteiger partial charge in [0.2, 0.25) is 21.8 Å². The van der Waals surface area contributed by atoms with Crippen molar-refractivity contribution in [2.24, 2.45) is 0 Å². The summed E-state index contributed by atoms with van der Waals surface area (Å²) in [4.78, 5) is 16.5. The molecule has 10 heteroatoms. The number of methoxy groups -OCH3 is 1. The van der Waals surface area contributed by atoms with Gasteiger partial charge < -0.3 is 14.8 Å². The average Bonchev–Trinajstić information content (AvgIpc) is 2.63. The number of ether oxygens (including phenoxy) is 2. The van der Waals surface area contributed by atoms with Gasteiger partial charge in [-0.15, -0.1) is 0 Å². The molecule has 0 radical (unpaired) electrons. The minimum absolute atomic E-state index is 0.0107. The third-order valence-corrected chi connectivity index (χ3v) is 5.21. The second kappa shape index (κ2) is 9.65. The highest BCUT2D eigenvalue weighted by atomic mass is 35.5. The van der Waals surface area contributed by atoms with Crippen LogP contribution in [0.5, 0.6) is 5.88 Å². The molecular weight excluding hydrogens is 394 g/mol. The van der Waals surface area contributed by atoms with Crippen LogP contribution < -0.4 is 14.8 Å². The molecular formula is C17H20ClN3O5S. The number of nitrogens with one attached hydrogen (secondary N) is 2. The number of pyridine rings is 1. The Morgan fingerprint density at radius 1 is 1.22 bits per heavy atom. The maximum atomic E-state index is 12.4. The second-order valence-corrected chi connectivity index (χ2v) is 7.63. The van der Waals surface area contributed by atoms with Crippen LogP contribution in [0.2, 0.25) is 5.02 Å². The van der Waals surface area contributed by atoms with Gasteiger partial charge in [-0.1, -0.05) is 11.6 Å². The molecule has 0 saturated carbocycles. The lowest BCUT2D eigenvalue weighted by atomic mass is 10.3. The number of aromatic nitrogens is 1. The third-order valence-electron chi connectivity index (χ3n) is 3.40. The number of halogens is 1. The number of benzene rings is 1. The fourth-order valence-corrected chi connectivity index (χ4v) is 3.36. The molecule has 2 aromatic rings. The van der Waals surface area contributed by atoms with Gasteiger partial charge in [0.25, 0.3) is 0 Å². The maximum Gasteiger partial charge on any atom is 0.242 e. The molecule has 0 unspecified atom stereocenters. The molecule has 1 heterocycles. The van der Waals surface area contributed by atoms with Gasteiger partial charge in [-0.25, -0.2) is 13.4 Å². The fraction of sp³-hybridized carbons (Fsp3) is 0.294. The fourth-order valence-electron chi connectivity index (χ4n) is 2.03. The van der Waals surface area contributed by atoms with Crippen LogP contribution >= 0.6 is 11.6 Å². The number of anilines is 1. The van der Waals surface area contributed by atoms with Gasteiger partial charge in [0, 0.05) is 18.3 Å². The summed E-state index contributed by atoms with van der Waals surface area (Å²) < 4.78 is 37.4. The van der Waals surface area contributed by atoms with E-state index in [4.69, 9.17) is 21.1 Å². The van der Waals surface area contributed by atoms with Crippen LogP contribution in [0.4, 0.5) is 5.69 Å². The highest BCUT2D eigenvalue weighted by Gasteiger charge is 2.23. The molecule has 2 N–H and O–H groups in total. The topological polar surface area (TPSA) is 107 Å².